The predicted molar refractivity (Wildman–Crippen MR) is 66.6 cm³/mol. The molecule has 0 amide bonds. The standard InChI is InChI=1S/C13H6Cl2FN/c14-9-2-3-12(15)10(6-9)11-5-8(7-17)1-4-13(11)16/h1-6H. The highest BCUT2D eigenvalue weighted by molar-refractivity contribution is 6.35. The molecule has 0 N–H and O–H groups in total. The van der Waals surface area contributed by atoms with E-state index in [-0.39, 0.29) is 5.56 Å². The first-order valence-corrected chi connectivity index (χ1v) is 5.52. The summed E-state index contributed by atoms with van der Waals surface area (Å²) in [5, 5.41) is 9.65. The van der Waals surface area contributed by atoms with Crippen molar-refractivity contribution < 1.29 is 4.39 Å². The van der Waals surface area contributed by atoms with Crippen molar-refractivity contribution >= 4 is 23.2 Å². The second kappa shape index (κ2) is 4.75. The Labute approximate surface area is 108 Å². The van der Waals surface area contributed by atoms with E-state index in [2.05, 4.69) is 0 Å². The SMILES string of the molecule is N#Cc1ccc(F)c(-c2cc(Cl)ccc2Cl)c1. The highest BCUT2D eigenvalue weighted by Gasteiger charge is 2.10. The number of halogens is 3. The lowest BCUT2D eigenvalue weighted by Gasteiger charge is -2.07. The zero-order chi connectivity index (χ0) is 12.4. The molecule has 2 rings (SSSR count). The molecule has 0 aromatic heterocycles. The van der Waals surface area contributed by atoms with E-state index in [0.29, 0.717) is 21.2 Å². The van der Waals surface area contributed by atoms with Gasteiger partial charge in [-0.3, -0.25) is 0 Å². The van der Waals surface area contributed by atoms with Gasteiger partial charge in [-0.2, -0.15) is 5.26 Å². The van der Waals surface area contributed by atoms with Crippen molar-refractivity contribution in [2.24, 2.45) is 0 Å². The average Bonchev–Trinajstić information content (AvgIpc) is 2.33. The summed E-state index contributed by atoms with van der Waals surface area (Å²) in [5.41, 5.74) is 1.13. The number of hydrogen-bond donors (Lipinski definition) is 0. The summed E-state index contributed by atoms with van der Waals surface area (Å²) in [6.07, 6.45) is 0. The molecule has 0 bridgehead atoms. The number of rotatable bonds is 1. The highest BCUT2D eigenvalue weighted by Crippen LogP contribution is 2.32. The highest BCUT2D eigenvalue weighted by atomic mass is 35.5. The van der Waals surface area contributed by atoms with Gasteiger partial charge in [-0.15, -0.1) is 0 Å². The van der Waals surface area contributed by atoms with E-state index in [1.165, 1.54) is 18.2 Å². The van der Waals surface area contributed by atoms with E-state index in [1.54, 1.807) is 18.2 Å². The first kappa shape index (κ1) is 11.9. The average molecular weight is 266 g/mol. The smallest absolute Gasteiger partial charge is 0.131 e. The van der Waals surface area contributed by atoms with Crippen molar-refractivity contribution in [2.75, 3.05) is 0 Å². The van der Waals surface area contributed by atoms with Gasteiger partial charge in [-0.05, 0) is 36.4 Å². The molecule has 0 heterocycles. The van der Waals surface area contributed by atoms with E-state index >= 15 is 0 Å². The minimum Gasteiger partial charge on any atom is -0.206 e. The first-order chi connectivity index (χ1) is 8.11. The Morgan fingerprint density at radius 3 is 2.47 bits per heavy atom. The third-order valence-electron chi connectivity index (χ3n) is 2.31. The quantitative estimate of drug-likeness (QED) is 0.735. The number of benzene rings is 2. The van der Waals surface area contributed by atoms with E-state index in [9.17, 15) is 4.39 Å². The summed E-state index contributed by atoms with van der Waals surface area (Å²) < 4.78 is 13.7. The van der Waals surface area contributed by atoms with Gasteiger partial charge in [0.2, 0.25) is 0 Å². The van der Waals surface area contributed by atoms with Crippen molar-refractivity contribution in [3.05, 3.63) is 57.8 Å². The number of nitrogens with zero attached hydrogens (tertiary/aromatic N) is 1. The molecule has 0 atom stereocenters. The summed E-state index contributed by atoms with van der Waals surface area (Å²) in [4.78, 5) is 0. The molecule has 0 saturated carbocycles. The van der Waals surface area contributed by atoms with Crippen LogP contribution in [0.1, 0.15) is 5.56 Å². The van der Waals surface area contributed by atoms with Crippen molar-refractivity contribution in [1.82, 2.24) is 0 Å². The Kier molecular flexibility index (Phi) is 3.33. The molecule has 0 unspecified atom stereocenters. The van der Waals surface area contributed by atoms with Gasteiger partial charge >= 0.3 is 0 Å². The molecule has 84 valence electrons. The van der Waals surface area contributed by atoms with E-state index in [1.807, 2.05) is 6.07 Å². The summed E-state index contributed by atoms with van der Waals surface area (Å²) in [6, 6.07) is 10.9. The molecule has 1 nitrogen and oxygen atoms in total. The van der Waals surface area contributed by atoms with Gasteiger partial charge in [-0.25, -0.2) is 4.39 Å². The molecule has 0 saturated heterocycles. The van der Waals surface area contributed by atoms with Crippen LogP contribution in [0.25, 0.3) is 11.1 Å². The second-order valence-electron chi connectivity index (χ2n) is 3.43. The molecular weight excluding hydrogens is 260 g/mol. The summed E-state index contributed by atoms with van der Waals surface area (Å²) in [6.45, 7) is 0. The lowest BCUT2D eigenvalue weighted by atomic mass is 10.0. The van der Waals surface area contributed by atoms with E-state index in [0.717, 1.165) is 0 Å². The lowest BCUT2D eigenvalue weighted by Crippen LogP contribution is -1.87. The Morgan fingerprint density at radius 1 is 1.00 bits per heavy atom. The Hall–Kier alpha value is -1.56. The Morgan fingerprint density at radius 2 is 1.76 bits per heavy atom. The molecule has 4 heteroatoms. The first-order valence-electron chi connectivity index (χ1n) is 4.77. The molecule has 2 aromatic carbocycles. The summed E-state index contributed by atoms with van der Waals surface area (Å²) >= 11 is 11.8. The summed E-state index contributed by atoms with van der Waals surface area (Å²) in [7, 11) is 0. The Balaban J connectivity index is 2.68. The Bertz CT molecular complexity index is 617. The van der Waals surface area contributed by atoms with Crippen molar-refractivity contribution in [3.8, 4) is 17.2 Å². The van der Waals surface area contributed by atoms with Gasteiger partial charge in [0, 0.05) is 21.2 Å². The van der Waals surface area contributed by atoms with E-state index in [4.69, 9.17) is 28.5 Å². The van der Waals surface area contributed by atoms with Crippen molar-refractivity contribution in [1.29, 1.82) is 5.26 Å². The summed E-state index contributed by atoms with van der Waals surface area (Å²) in [5.74, 6) is -0.437. The monoisotopic (exact) mass is 265 g/mol. The molecule has 2 aromatic rings. The fraction of sp³-hybridized carbons (Fsp3) is 0. The van der Waals surface area contributed by atoms with E-state index < -0.39 is 5.82 Å². The van der Waals surface area contributed by atoms with Crippen LogP contribution in [0.3, 0.4) is 0 Å². The largest absolute Gasteiger partial charge is 0.206 e. The van der Waals surface area contributed by atoms with Gasteiger partial charge in [0.1, 0.15) is 5.82 Å². The maximum atomic E-state index is 13.7. The predicted octanol–water partition coefficient (Wildman–Crippen LogP) is 4.67. The van der Waals surface area contributed by atoms with Gasteiger partial charge in [0.05, 0.1) is 11.6 Å². The van der Waals surface area contributed by atoms with Crippen LogP contribution >= 0.6 is 23.2 Å². The molecule has 17 heavy (non-hydrogen) atoms. The zero-order valence-electron chi connectivity index (χ0n) is 8.55. The molecule has 0 spiro atoms. The number of nitriles is 1. The van der Waals surface area contributed by atoms with Crippen molar-refractivity contribution in [2.45, 2.75) is 0 Å². The van der Waals surface area contributed by atoms with Crippen LogP contribution in [0.5, 0.6) is 0 Å². The maximum Gasteiger partial charge on any atom is 0.131 e. The minimum absolute atomic E-state index is 0.275. The van der Waals surface area contributed by atoms with Crippen LogP contribution in [0.2, 0.25) is 10.0 Å². The van der Waals surface area contributed by atoms with Crippen LogP contribution in [-0.4, -0.2) is 0 Å². The van der Waals surface area contributed by atoms with Crippen LogP contribution in [0.4, 0.5) is 4.39 Å². The topological polar surface area (TPSA) is 23.8 Å². The maximum absolute atomic E-state index is 13.7. The van der Waals surface area contributed by atoms with Crippen LogP contribution in [0.15, 0.2) is 36.4 Å². The number of hydrogen-bond acceptors (Lipinski definition) is 1. The fourth-order valence-electron chi connectivity index (χ4n) is 1.51. The molecule has 0 radical (unpaired) electrons. The van der Waals surface area contributed by atoms with Gasteiger partial charge in [-0.1, -0.05) is 23.2 Å². The van der Waals surface area contributed by atoms with Crippen LogP contribution < -0.4 is 0 Å². The fourth-order valence-corrected chi connectivity index (χ4v) is 1.90. The molecule has 0 aliphatic carbocycles. The molecular formula is C13H6Cl2FN. The van der Waals surface area contributed by atoms with Gasteiger partial charge < -0.3 is 0 Å². The van der Waals surface area contributed by atoms with Gasteiger partial charge in [0.15, 0.2) is 0 Å². The lowest BCUT2D eigenvalue weighted by molar-refractivity contribution is 0.631. The molecule has 0 fully saturated rings. The molecule has 0 aliphatic heterocycles. The van der Waals surface area contributed by atoms with Gasteiger partial charge in [0.25, 0.3) is 0 Å². The zero-order valence-corrected chi connectivity index (χ0v) is 10.1. The van der Waals surface area contributed by atoms with Crippen LogP contribution in [0, 0.1) is 17.1 Å². The third kappa shape index (κ3) is 2.41. The second-order valence-corrected chi connectivity index (χ2v) is 4.27. The normalized spacial score (nSPS) is 10.0. The van der Waals surface area contributed by atoms with Crippen LogP contribution in [-0.2, 0) is 0 Å². The molecule has 0 aliphatic rings. The minimum atomic E-state index is -0.437. The third-order valence-corrected chi connectivity index (χ3v) is 2.88. The van der Waals surface area contributed by atoms with Crippen molar-refractivity contribution in [3.63, 3.8) is 0 Å².